The van der Waals surface area contributed by atoms with Gasteiger partial charge in [0.25, 0.3) is 0 Å². The van der Waals surface area contributed by atoms with Gasteiger partial charge in [-0.2, -0.15) is 0 Å². The number of nitrogens with zero attached hydrogens (tertiary/aromatic N) is 1. The van der Waals surface area contributed by atoms with Crippen LogP contribution in [-0.2, 0) is 10.2 Å². The topological polar surface area (TPSA) is 84.9 Å². The summed E-state index contributed by atoms with van der Waals surface area (Å²) in [5.74, 6) is -0.625. The van der Waals surface area contributed by atoms with Crippen molar-refractivity contribution in [2.75, 3.05) is 24.4 Å². The second kappa shape index (κ2) is 9.73. The molecule has 4 aromatic rings. The average Bonchev–Trinajstić information content (AvgIpc) is 3.52. The van der Waals surface area contributed by atoms with Crippen molar-refractivity contribution in [1.82, 2.24) is 0 Å². The fraction of sp³-hybridized carbons (Fsp3) is 0.171. The summed E-state index contributed by atoms with van der Waals surface area (Å²) in [6.45, 7) is 0. The molecule has 0 aromatic heterocycles. The van der Waals surface area contributed by atoms with E-state index >= 15 is 0 Å². The lowest BCUT2D eigenvalue weighted by atomic mass is 9.64. The van der Waals surface area contributed by atoms with E-state index in [2.05, 4.69) is 5.32 Å². The van der Waals surface area contributed by atoms with Crippen LogP contribution in [0.3, 0.4) is 0 Å². The highest BCUT2D eigenvalue weighted by atomic mass is 16.5. The van der Waals surface area contributed by atoms with Gasteiger partial charge in [-0.05, 0) is 71.8 Å². The molecule has 1 spiro atoms. The van der Waals surface area contributed by atoms with Crippen LogP contribution in [0.15, 0.2) is 103 Å². The van der Waals surface area contributed by atoms with Gasteiger partial charge >= 0.3 is 0 Å². The number of Topliss-reactive ketones (excluding diaryl/α,β-unsaturated/α-hetero) is 2. The zero-order chi connectivity index (χ0) is 29.0. The molecule has 1 saturated heterocycles. The van der Waals surface area contributed by atoms with Crippen LogP contribution < -0.4 is 19.7 Å². The molecule has 7 heteroatoms. The highest BCUT2D eigenvalue weighted by Gasteiger charge is 2.70. The normalized spacial score (nSPS) is 23.1. The second-order valence-corrected chi connectivity index (χ2v) is 10.7. The number of fused-ring (bicyclic) bond motifs is 6. The van der Waals surface area contributed by atoms with Gasteiger partial charge in [0.15, 0.2) is 11.6 Å². The van der Waals surface area contributed by atoms with Crippen LogP contribution in [0, 0.1) is 5.92 Å². The predicted molar refractivity (Wildman–Crippen MR) is 160 cm³/mol. The van der Waals surface area contributed by atoms with E-state index in [1.165, 1.54) is 0 Å². The van der Waals surface area contributed by atoms with E-state index in [-0.39, 0.29) is 17.5 Å². The van der Waals surface area contributed by atoms with Gasteiger partial charge in [-0.1, -0.05) is 48.6 Å². The lowest BCUT2D eigenvalue weighted by Gasteiger charge is -2.37. The summed E-state index contributed by atoms with van der Waals surface area (Å²) < 4.78 is 10.7. The second-order valence-electron chi connectivity index (χ2n) is 10.7. The number of hydrogen-bond acceptors (Lipinski definition) is 6. The molecule has 3 aliphatic heterocycles. The van der Waals surface area contributed by atoms with Gasteiger partial charge in [-0.25, -0.2) is 0 Å². The van der Waals surface area contributed by atoms with E-state index in [9.17, 15) is 14.4 Å². The van der Waals surface area contributed by atoms with Gasteiger partial charge < -0.3 is 19.7 Å². The van der Waals surface area contributed by atoms with Crippen molar-refractivity contribution < 1.29 is 23.9 Å². The number of para-hydroxylation sites is 2. The predicted octanol–water partition coefficient (Wildman–Crippen LogP) is 5.56. The molecule has 4 aromatic carbocycles. The Bertz CT molecular complexity index is 1760. The van der Waals surface area contributed by atoms with Crippen molar-refractivity contribution in [2.45, 2.75) is 17.5 Å². The van der Waals surface area contributed by atoms with Crippen LogP contribution in [-0.4, -0.2) is 43.8 Å². The van der Waals surface area contributed by atoms with Gasteiger partial charge in [0.2, 0.25) is 5.91 Å². The quantitative estimate of drug-likeness (QED) is 0.313. The van der Waals surface area contributed by atoms with E-state index in [4.69, 9.17) is 9.47 Å². The van der Waals surface area contributed by atoms with Crippen molar-refractivity contribution in [3.05, 3.63) is 125 Å². The molecular weight excluding hydrogens is 528 g/mol. The minimum absolute atomic E-state index is 0.242. The Morgan fingerprint density at radius 3 is 2.02 bits per heavy atom. The van der Waals surface area contributed by atoms with Crippen molar-refractivity contribution in [3.8, 4) is 11.5 Å². The lowest BCUT2D eigenvalue weighted by Crippen LogP contribution is -2.51. The Kier molecular flexibility index (Phi) is 5.97. The Morgan fingerprint density at radius 2 is 1.36 bits per heavy atom. The maximum absolute atomic E-state index is 14.8. The van der Waals surface area contributed by atoms with Crippen LogP contribution in [0.25, 0.3) is 6.08 Å². The van der Waals surface area contributed by atoms with E-state index in [0.717, 1.165) is 11.3 Å². The van der Waals surface area contributed by atoms with Crippen molar-refractivity contribution in [1.29, 1.82) is 0 Å². The molecule has 3 aliphatic rings. The summed E-state index contributed by atoms with van der Waals surface area (Å²) in [7, 11) is 3.13. The number of hydrogen-bond donors (Lipinski definition) is 1. The SMILES string of the molecule is COc1ccc(C(=O)[C@H]2[C@H](C(=O)c3ccc(OC)cc3)[C@@]3(C(=O)Nc4ccccc43)[C@H]3C=Cc4ccccc4N23)cc1. The third kappa shape index (κ3) is 3.56. The molecule has 1 N–H and O–H groups in total. The Labute approximate surface area is 243 Å². The molecule has 1 amide bonds. The molecule has 0 radical (unpaired) electrons. The number of rotatable bonds is 6. The first-order valence-corrected chi connectivity index (χ1v) is 13.8. The van der Waals surface area contributed by atoms with Crippen molar-refractivity contribution >= 4 is 34.9 Å². The first-order chi connectivity index (χ1) is 20.5. The zero-order valence-electron chi connectivity index (χ0n) is 23.1. The average molecular weight is 557 g/mol. The smallest absolute Gasteiger partial charge is 0.238 e. The molecule has 4 atom stereocenters. The molecule has 0 saturated carbocycles. The fourth-order valence-electron chi connectivity index (χ4n) is 6.98. The fourth-order valence-corrected chi connectivity index (χ4v) is 6.98. The standard InChI is InChI=1S/C35H28N2O5/c1-41-24-16-11-22(12-17-24)32(38)30-31(33(39)23-13-18-25(42-2)19-14-23)37-28-10-6-3-7-21(28)15-20-29(37)35(30)26-8-4-5-9-27(26)36-34(35)40/h3-20,29-31H,1-2H3,(H,36,40)/t29-,30-,31-,35+/m1/s1. The van der Waals surface area contributed by atoms with Gasteiger partial charge in [0.1, 0.15) is 23.0 Å². The highest BCUT2D eigenvalue weighted by Crippen LogP contribution is 2.58. The maximum Gasteiger partial charge on any atom is 0.238 e. The summed E-state index contributed by atoms with van der Waals surface area (Å²) in [6, 6.07) is 27.4. The minimum atomic E-state index is -1.36. The van der Waals surface area contributed by atoms with Crippen LogP contribution in [0.1, 0.15) is 31.8 Å². The van der Waals surface area contributed by atoms with Gasteiger partial charge in [-0.15, -0.1) is 0 Å². The number of carbonyl (C=O) groups excluding carboxylic acids is 3. The summed E-state index contributed by atoms with van der Waals surface area (Å²) in [5.41, 5.74) is 2.57. The number of ether oxygens (including phenoxy) is 2. The molecule has 3 heterocycles. The maximum atomic E-state index is 14.8. The number of methoxy groups -OCH3 is 2. The van der Waals surface area contributed by atoms with Crippen LogP contribution in [0.5, 0.6) is 11.5 Å². The summed E-state index contributed by atoms with van der Waals surface area (Å²) in [4.78, 5) is 45.9. The molecule has 0 unspecified atom stereocenters. The van der Waals surface area contributed by atoms with E-state index in [1.54, 1.807) is 62.8 Å². The van der Waals surface area contributed by atoms with Gasteiger partial charge in [0.05, 0.1) is 26.2 Å². The van der Waals surface area contributed by atoms with Crippen LogP contribution >= 0.6 is 0 Å². The Morgan fingerprint density at radius 1 is 0.762 bits per heavy atom. The lowest BCUT2D eigenvalue weighted by molar-refractivity contribution is -0.121. The number of benzene rings is 4. The van der Waals surface area contributed by atoms with Gasteiger partial charge in [-0.3, -0.25) is 14.4 Å². The molecule has 0 bridgehead atoms. The summed E-state index contributed by atoms with van der Waals surface area (Å²) in [6.07, 6.45) is 3.96. The minimum Gasteiger partial charge on any atom is -0.497 e. The van der Waals surface area contributed by atoms with Gasteiger partial charge in [0, 0.05) is 22.5 Å². The monoisotopic (exact) mass is 556 g/mol. The zero-order valence-corrected chi connectivity index (χ0v) is 23.1. The molecule has 0 aliphatic carbocycles. The van der Waals surface area contributed by atoms with Crippen LogP contribution in [0.4, 0.5) is 11.4 Å². The number of amides is 1. The Balaban J connectivity index is 1.50. The van der Waals surface area contributed by atoms with E-state index in [0.29, 0.717) is 33.9 Å². The summed E-state index contributed by atoms with van der Waals surface area (Å²) >= 11 is 0. The highest BCUT2D eigenvalue weighted by molar-refractivity contribution is 6.18. The summed E-state index contributed by atoms with van der Waals surface area (Å²) in [5, 5.41) is 3.06. The number of carbonyl (C=O) groups is 3. The van der Waals surface area contributed by atoms with E-state index in [1.807, 2.05) is 65.6 Å². The Hall–Kier alpha value is -5.17. The van der Waals surface area contributed by atoms with Crippen molar-refractivity contribution in [2.24, 2.45) is 5.92 Å². The first kappa shape index (κ1) is 25.8. The molecule has 208 valence electrons. The molecule has 7 rings (SSSR count). The third-order valence-corrected chi connectivity index (χ3v) is 8.84. The number of ketones is 2. The van der Waals surface area contributed by atoms with Crippen molar-refractivity contribution in [3.63, 3.8) is 0 Å². The van der Waals surface area contributed by atoms with E-state index < -0.39 is 23.4 Å². The molecule has 1 fully saturated rings. The number of anilines is 2. The molecule has 7 nitrogen and oxygen atoms in total. The van der Waals surface area contributed by atoms with Crippen LogP contribution in [0.2, 0.25) is 0 Å². The molecular formula is C35H28N2O5. The third-order valence-electron chi connectivity index (χ3n) is 8.84. The molecule has 42 heavy (non-hydrogen) atoms. The first-order valence-electron chi connectivity index (χ1n) is 13.8. The number of nitrogens with one attached hydrogen (secondary N) is 1. The largest absolute Gasteiger partial charge is 0.497 e.